The van der Waals surface area contributed by atoms with Crippen LogP contribution in [0.1, 0.15) is 32.1 Å². The molecule has 0 aliphatic heterocycles. The van der Waals surface area contributed by atoms with Gasteiger partial charge in [-0.05, 0) is 24.5 Å². The lowest BCUT2D eigenvalue weighted by molar-refractivity contribution is 0.413. The number of ether oxygens (including phenoxy) is 1. The van der Waals surface area contributed by atoms with Crippen LogP contribution in [-0.2, 0) is 0 Å². The lowest BCUT2D eigenvalue weighted by Gasteiger charge is -2.12. The van der Waals surface area contributed by atoms with E-state index < -0.39 is 0 Å². The molecule has 0 fully saturated rings. The number of benzene rings is 1. The third kappa shape index (κ3) is 2.64. The molecule has 1 heterocycles. The summed E-state index contributed by atoms with van der Waals surface area (Å²) in [6.45, 7) is 4.91. The minimum atomic E-state index is 0.184. The van der Waals surface area contributed by atoms with Crippen molar-refractivity contribution in [3.05, 3.63) is 24.1 Å². The van der Waals surface area contributed by atoms with E-state index in [1.165, 1.54) is 0 Å². The first-order valence-corrected chi connectivity index (χ1v) is 6.28. The summed E-state index contributed by atoms with van der Waals surface area (Å²) in [4.78, 5) is 4.52. The molecule has 4 nitrogen and oxygen atoms in total. The molecule has 1 aromatic heterocycles. The second kappa shape index (κ2) is 5.40. The van der Waals surface area contributed by atoms with Crippen LogP contribution in [0.5, 0.6) is 5.75 Å². The summed E-state index contributed by atoms with van der Waals surface area (Å²) >= 11 is 0. The maximum Gasteiger partial charge on any atom is 0.199 e. The molecule has 0 aliphatic carbocycles. The third-order valence-electron chi connectivity index (χ3n) is 3.00. The number of oxazole rings is 1. The Hall–Kier alpha value is -1.55. The van der Waals surface area contributed by atoms with Crippen LogP contribution in [0.3, 0.4) is 0 Å². The van der Waals surface area contributed by atoms with E-state index in [1.54, 1.807) is 7.11 Å². The minimum absolute atomic E-state index is 0.184. The van der Waals surface area contributed by atoms with Gasteiger partial charge in [-0.3, -0.25) is 0 Å². The van der Waals surface area contributed by atoms with E-state index in [0.29, 0.717) is 12.5 Å². The Kier molecular flexibility index (Phi) is 3.87. The third-order valence-corrected chi connectivity index (χ3v) is 3.00. The predicted octanol–water partition coefficient (Wildman–Crippen LogP) is 2.92. The van der Waals surface area contributed by atoms with E-state index in [9.17, 15) is 0 Å². The summed E-state index contributed by atoms with van der Waals surface area (Å²) in [6, 6.07) is 5.64. The van der Waals surface area contributed by atoms with E-state index in [0.717, 1.165) is 29.2 Å². The fourth-order valence-electron chi connectivity index (χ4n) is 2.09. The molecule has 0 radical (unpaired) electrons. The molecule has 0 aliphatic rings. The highest BCUT2D eigenvalue weighted by Crippen LogP contribution is 2.27. The Balaban J connectivity index is 2.33. The van der Waals surface area contributed by atoms with E-state index in [-0.39, 0.29) is 5.92 Å². The zero-order valence-corrected chi connectivity index (χ0v) is 11.1. The van der Waals surface area contributed by atoms with Crippen LogP contribution in [0, 0.1) is 5.92 Å². The molecule has 18 heavy (non-hydrogen) atoms. The number of nitrogens with zero attached hydrogens (tertiary/aromatic N) is 1. The number of methoxy groups -OCH3 is 1. The molecule has 0 bridgehead atoms. The van der Waals surface area contributed by atoms with Gasteiger partial charge in [-0.25, -0.2) is 4.98 Å². The van der Waals surface area contributed by atoms with Crippen molar-refractivity contribution in [1.82, 2.24) is 4.98 Å². The molecule has 4 heteroatoms. The number of rotatable bonds is 5. The quantitative estimate of drug-likeness (QED) is 0.883. The lowest BCUT2D eigenvalue weighted by Crippen LogP contribution is -2.14. The maximum absolute atomic E-state index is 5.81. The van der Waals surface area contributed by atoms with E-state index in [4.69, 9.17) is 14.9 Å². The van der Waals surface area contributed by atoms with Gasteiger partial charge < -0.3 is 14.9 Å². The zero-order chi connectivity index (χ0) is 13.1. The highest BCUT2D eigenvalue weighted by molar-refractivity contribution is 5.74. The van der Waals surface area contributed by atoms with E-state index in [1.807, 2.05) is 18.2 Å². The smallest absolute Gasteiger partial charge is 0.199 e. The Morgan fingerprint density at radius 3 is 2.78 bits per heavy atom. The van der Waals surface area contributed by atoms with Crippen LogP contribution in [0.25, 0.3) is 11.1 Å². The Labute approximate surface area is 107 Å². The van der Waals surface area contributed by atoms with Crippen molar-refractivity contribution in [2.75, 3.05) is 13.7 Å². The number of aromatic nitrogens is 1. The summed E-state index contributed by atoms with van der Waals surface area (Å²) < 4.78 is 11.0. The molecule has 2 rings (SSSR count). The van der Waals surface area contributed by atoms with Crippen molar-refractivity contribution in [3.8, 4) is 5.75 Å². The lowest BCUT2D eigenvalue weighted by atomic mass is 9.97. The molecule has 1 atom stereocenters. The van der Waals surface area contributed by atoms with Gasteiger partial charge in [-0.2, -0.15) is 0 Å². The Morgan fingerprint density at radius 1 is 1.39 bits per heavy atom. The van der Waals surface area contributed by atoms with Crippen LogP contribution in [0.15, 0.2) is 22.6 Å². The summed E-state index contributed by atoms with van der Waals surface area (Å²) in [5.74, 6) is 2.27. The van der Waals surface area contributed by atoms with Crippen molar-refractivity contribution in [2.24, 2.45) is 11.7 Å². The van der Waals surface area contributed by atoms with Crippen molar-refractivity contribution >= 4 is 11.1 Å². The van der Waals surface area contributed by atoms with Crippen molar-refractivity contribution in [2.45, 2.75) is 26.2 Å². The summed E-state index contributed by atoms with van der Waals surface area (Å²) in [7, 11) is 1.64. The van der Waals surface area contributed by atoms with Crippen molar-refractivity contribution in [3.63, 3.8) is 0 Å². The standard InChI is InChI=1S/C14H20N2O2/c1-9(2)6-10(8-15)14-16-12-7-11(17-3)4-5-13(12)18-14/h4-5,7,9-10H,6,8,15H2,1-3H3. The fraction of sp³-hybridized carbons (Fsp3) is 0.500. The molecule has 0 amide bonds. The van der Waals surface area contributed by atoms with Crippen LogP contribution < -0.4 is 10.5 Å². The average Bonchev–Trinajstić information content (AvgIpc) is 2.77. The summed E-state index contributed by atoms with van der Waals surface area (Å²) in [5, 5.41) is 0. The van der Waals surface area contributed by atoms with Crippen molar-refractivity contribution in [1.29, 1.82) is 0 Å². The van der Waals surface area contributed by atoms with Gasteiger partial charge in [0.15, 0.2) is 11.5 Å². The number of fused-ring (bicyclic) bond motifs is 1. The molecule has 98 valence electrons. The van der Waals surface area contributed by atoms with Gasteiger partial charge in [0.2, 0.25) is 0 Å². The van der Waals surface area contributed by atoms with E-state index >= 15 is 0 Å². The van der Waals surface area contributed by atoms with Crippen molar-refractivity contribution < 1.29 is 9.15 Å². The molecular weight excluding hydrogens is 228 g/mol. The number of hydrogen-bond donors (Lipinski definition) is 1. The highest BCUT2D eigenvalue weighted by Gasteiger charge is 2.18. The molecule has 0 spiro atoms. The topological polar surface area (TPSA) is 61.3 Å². The molecule has 0 saturated carbocycles. The summed E-state index contributed by atoms with van der Waals surface area (Å²) in [6.07, 6.45) is 0.987. The van der Waals surface area contributed by atoms with Gasteiger partial charge in [0.05, 0.1) is 7.11 Å². The maximum atomic E-state index is 5.81. The Morgan fingerprint density at radius 2 is 2.17 bits per heavy atom. The van der Waals surface area contributed by atoms with Crippen LogP contribution in [0.4, 0.5) is 0 Å². The molecule has 1 unspecified atom stereocenters. The first-order chi connectivity index (χ1) is 8.63. The first kappa shape index (κ1) is 12.9. The molecule has 2 N–H and O–H groups in total. The van der Waals surface area contributed by atoms with Crippen LogP contribution in [-0.4, -0.2) is 18.6 Å². The first-order valence-electron chi connectivity index (χ1n) is 6.28. The predicted molar refractivity (Wildman–Crippen MR) is 71.8 cm³/mol. The van der Waals surface area contributed by atoms with Gasteiger partial charge in [-0.1, -0.05) is 13.8 Å². The SMILES string of the molecule is COc1ccc2oc(C(CN)CC(C)C)nc2c1. The number of hydrogen-bond acceptors (Lipinski definition) is 4. The largest absolute Gasteiger partial charge is 0.497 e. The highest BCUT2D eigenvalue weighted by atomic mass is 16.5. The van der Waals surface area contributed by atoms with Crippen LogP contribution in [0.2, 0.25) is 0 Å². The summed E-state index contributed by atoms with van der Waals surface area (Å²) in [5.41, 5.74) is 7.42. The second-order valence-electron chi connectivity index (χ2n) is 4.95. The van der Waals surface area contributed by atoms with Gasteiger partial charge in [0.1, 0.15) is 11.3 Å². The van der Waals surface area contributed by atoms with Crippen LogP contribution >= 0.6 is 0 Å². The van der Waals surface area contributed by atoms with Gasteiger partial charge in [0.25, 0.3) is 0 Å². The minimum Gasteiger partial charge on any atom is -0.497 e. The zero-order valence-electron chi connectivity index (χ0n) is 11.1. The molecule has 1 aromatic carbocycles. The molecule has 0 saturated heterocycles. The molecule has 2 aromatic rings. The fourth-order valence-corrected chi connectivity index (χ4v) is 2.09. The molecular formula is C14H20N2O2. The average molecular weight is 248 g/mol. The van der Waals surface area contributed by atoms with Gasteiger partial charge in [0, 0.05) is 18.5 Å². The Bertz CT molecular complexity index is 519. The monoisotopic (exact) mass is 248 g/mol. The second-order valence-corrected chi connectivity index (χ2v) is 4.95. The normalized spacial score (nSPS) is 13.2. The van der Waals surface area contributed by atoms with Gasteiger partial charge >= 0.3 is 0 Å². The van der Waals surface area contributed by atoms with Gasteiger partial charge in [-0.15, -0.1) is 0 Å². The van der Waals surface area contributed by atoms with E-state index in [2.05, 4.69) is 18.8 Å². The number of nitrogens with two attached hydrogens (primary N) is 1.